The van der Waals surface area contributed by atoms with Gasteiger partial charge in [0.25, 0.3) is 5.91 Å². The van der Waals surface area contributed by atoms with E-state index in [2.05, 4.69) is 5.32 Å². The molecule has 0 bridgehead atoms. The average Bonchev–Trinajstić information content (AvgIpc) is 2.96. The quantitative estimate of drug-likeness (QED) is 0.639. The Morgan fingerprint density at radius 3 is 2.79 bits per heavy atom. The van der Waals surface area contributed by atoms with E-state index in [0.29, 0.717) is 0 Å². The molecule has 0 aromatic heterocycles. The fraction of sp³-hybridized carbons (Fsp3) is 0.533. The van der Waals surface area contributed by atoms with Crippen molar-refractivity contribution in [1.29, 1.82) is 0 Å². The van der Waals surface area contributed by atoms with Crippen molar-refractivity contribution in [2.45, 2.75) is 35.8 Å². The lowest BCUT2D eigenvalue weighted by molar-refractivity contribution is 0.0953. The van der Waals surface area contributed by atoms with Crippen molar-refractivity contribution in [2.75, 3.05) is 18.6 Å². The number of thioether (sulfide) groups is 2. The van der Waals surface area contributed by atoms with E-state index in [1.807, 2.05) is 42.3 Å². The zero-order valence-corrected chi connectivity index (χ0v) is 13.0. The zero-order chi connectivity index (χ0) is 13.5. The van der Waals surface area contributed by atoms with Crippen LogP contribution in [0.25, 0.3) is 0 Å². The van der Waals surface area contributed by atoms with Gasteiger partial charge in [-0.25, -0.2) is 0 Å². The van der Waals surface area contributed by atoms with Crippen LogP contribution in [0.4, 0.5) is 0 Å². The van der Waals surface area contributed by atoms with Gasteiger partial charge in [-0.3, -0.25) is 4.79 Å². The summed E-state index contributed by atoms with van der Waals surface area (Å²) in [4.78, 5) is 13.1. The minimum absolute atomic E-state index is 0.0528. The Morgan fingerprint density at radius 2 is 2.05 bits per heavy atom. The van der Waals surface area contributed by atoms with Crippen molar-refractivity contribution < 1.29 is 4.79 Å². The lowest BCUT2D eigenvalue weighted by Gasteiger charge is -2.10. The van der Waals surface area contributed by atoms with Crippen LogP contribution in [0.1, 0.15) is 36.0 Å². The summed E-state index contributed by atoms with van der Waals surface area (Å²) < 4.78 is 0. The van der Waals surface area contributed by atoms with Crippen LogP contribution in [-0.2, 0) is 0 Å². The van der Waals surface area contributed by atoms with Crippen molar-refractivity contribution in [3.8, 4) is 0 Å². The van der Waals surface area contributed by atoms with E-state index < -0.39 is 0 Å². The predicted octanol–water partition coefficient (Wildman–Crippen LogP) is 3.81. The molecule has 1 saturated carbocycles. The summed E-state index contributed by atoms with van der Waals surface area (Å²) in [6.07, 6.45) is 7.47. The molecule has 1 N–H and O–H groups in total. The topological polar surface area (TPSA) is 29.1 Å². The van der Waals surface area contributed by atoms with Crippen LogP contribution in [-0.4, -0.2) is 29.7 Å². The highest BCUT2D eigenvalue weighted by Crippen LogP contribution is 2.28. The first-order valence-corrected chi connectivity index (χ1v) is 9.11. The normalized spacial score (nSPS) is 15.6. The number of carbonyl (C=O) groups excluding carboxylic acids is 1. The Kier molecular flexibility index (Phi) is 6.11. The van der Waals surface area contributed by atoms with Gasteiger partial charge in [-0.2, -0.15) is 11.8 Å². The Hall–Kier alpha value is -0.610. The van der Waals surface area contributed by atoms with Crippen LogP contribution in [0.15, 0.2) is 29.2 Å². The molecular formula is C15H21NOS2. The van der Waals surface area contributed by atoms with Crippen LogP contribution in [0.3, 0.4) is 0 Å². The summed E-state index contributed by atoms with van der Waals surface area (Å²) in [5.41, 5.74) is 0.792. The van der Waals surface area contributed by atoms with Gasteiger partial charge in [0.2, 0.25) is 0 Å². The van der Waals surface area contributed by atoms with E-state index in [4.69, 9.17) is 0 Å². The second-order valence-corrected chi connectivity index (χ2v) is 6.99. The molecule has 1 aliphatic carbocycles. The van der Waals surface area contributed by atoms with Gasteiger partial charge in [0.05, 0.1) is 5.56 Å². The lowest BCUT2D eigenvalue weighted by atomic mass is 10.2. The molecule has 1 aromatic carbocycles. The number of rotatable bonds is 6. The molecule has 2 nitrogen and oxygen atoms in total. The third-order valence-corrected chi connectivity index (χ3v) is 5.57. The number of hydrogen-bond acceptors (Lipinski definition) is 3. The van der Waals surface area contributed by atoms with Crippen LogP contribution in [0.5, 0.6) is 0 Å². The predicted molar refractivity (Wildman–Crippen MR) is 85.3 cm³/mol. The molecule has 0 radical (unpaired) electrons. The minimum Gasteiger partial charge on any atom is -0.351 e. The molecule has 4 heteroatoms. The summed E-state index contributed by atoms with van der Waals surface area (Å²) in [6, 6.07) is 7.78. The number of nitrogens with one attached hydrogen (secondary N) is 1. The maximum absolute atomic E-state index is 12.1. The average molecular weight is 295 g/mol. The highest BCUT2D eigenvalue weighted by atomic mass is 32.2. The van der Waals surface area contributed by atoms with E-state index in [-0.39, 0.29) is 5.91 Å². The van der Waals surface area contributed by atoms with E-state index in [1.165, 1.54) is 25.7 Å². The van der Waals surface area contributed by atoms with E-state index in [1.54, 1.807) is 11.8 Å². The van der Waals surface area contributed by atoms with E-state index >= 15 is 0 Å². The first-order chi connectivity index (χ1) is 9.31. The smallest absolute Gasteiger partial charge is 0.252 e. The summed E-state index contributed by atoms with van der Waals surface area (Å²) >= 11 is 3.63. The molecule has 1 fully saturated rings. The molecule has 1 aromatic rings. The molecule has 0 atom stereocenters. The van der Waals surface area contributed by atoms with Gasteiger partial charge in [0.1, 0.15) is 0 Å². The lowest BCUT2D eigenvalue weighted by Crippen LogP contribution is -2.26. The molecule has 0 spiro atoms. The van der Waals surface area contributed by atoms with Gasteiger partial charge < -0.3 is 5.32 Å². The largest absolute Gasteiger partial charge is 0.351 e. The van der Waals surface area contributed by atoms with Gasteiger partial charge in [-0.15, -0.1) is 11.8 Å². The highest BCUT2D eigenvalue weighted by Gasteiger charge is 2.15. The maximum Gasteiger partial charge on any atom is 0.252 e. The minimum atomic E-state index is 0.0528. The second kappa shape index (κ2) is 7.85. The standard InChI is InChI=1S/C15H21NOS2/c1-18-14-9-5-4-8-13(14)15(17)16-10-11-19-12-6-2-3-7-12/h4-5,8-9,12H,2-3,6-7,10-11H2,1H3,(H,16,17). The summed E-state index contributed by atoms with van der Waals surface area (Å²) in [5, 5.41) is 3.85. The Morgan fingerprint density at radius 1 is 1.32 bits per heavy atom. The number of carbonyl (C=O) groups is 1. The van der Waals surface area contributed by atoms with E-state index in [9.17, 15) is 4.79 Å². The fourth-order valence-electron chi connectivity index (χ4n) is 2.37. The highest BCUT2D eigenvalue weighted by molar-refractivity contribution is 7.99. The molecule has 0 heterocycles. The molecule has 19 heavy (non-hydrogen) atoms. The molecule has 104 valence electrons. The van der Waals surface area contributed by atoms with Crippen molar-refractivity contribution in [1.82, 2.24) is 5.32 Å². The van der Waals surface area contributed by atoms with Crippen LogP contribution in [0.2, 0.25) is 0 Å². The van der Waals surface area contributed by atoms with Crippen molar-refractivity contribution in [3.05, 3.63) is 29.8 Å². The van der Waals surface area contributed by atoms with Crippen molar-refractivity contribution in [2.24, 2.45) is 0 Å². The van der Waals surface area contributed by atoms with Crippen LogP contribution < -0.4 is 5.32 Å². The van der Waals surface area contributed by atoms with Gasteiger partial charge in [-0.05, 0) is 31.2 Å². The number of benzene rings is 1. The van der Waals surface area contributed by atoms with Crippen LogP contribution in [0, 0.1) is 0 Å². The van der Waals surface area contributed by atoms with Crippen LogP contribution >= 0.6 is 23.5 Å². The van der Waals surface area contributed by atoms with Gasteiger partial charge in [0, 0.05) is 22.4 Å². The Labute approximate surface area is 124 Å². The molecule has 1 aliphatic rings. The van der Waals surface area contributed by atoms with Gasteiger partial charge in [0.15, 0.2) is 0 Å². The Bertz CT molecular complexity index is 416. The first-order valence-electron chi connectivity index (χ1n) is 6.84. The third kappa shape index (κ3) is 4.46. The first kappa shape index (κ1) is 14.8. The number of hydrogen-bond donors (Lipinski definition) is 1. The fourth-order valence-corrected chi connectivity index (χ4v) is 4.19. The SMILES string of the molecule is CSc1ccccc1C(=O)NCCSC1CCCC1. The second-order valence-electron chi connectivity index (χ2n) is 4.73. The summed E-state index contributed by atoms with van der Waals surface area (Å²) in [7, 11) is 0. The number of amides is 1. The van der Waals surface area contributed by atoms with Gasteiger partial charge >= 0.3 is 0 Å². The molecule has 0 unspecified atom stereocenters. The molecular weight excluding hydrogens is 274 g/mol. The molecule has 1 amide bonds. The maximum atomic E-state index is 12.1. The van der Waals surface area contributed by atoms with Crippen molar-refractivity contribution >= 4 is 29.4 Å². The monoisotopic (exact) mass is 295 g/mol. The van der Waals surface area contributed by atoms with Gasteiger partial charge in [-0.1, -0.05) is 25.0 Å². The Balaban J connectivity index is 1.74. The van der Waals surface area contributed by atoms with E-state index in [0.717, 1.165) is 28.0 Å². The van der Waals surface area contributed by atoms with Crippen molar-refractivity contribution in [3.63, 3.8) is 0 Å². The molecule has 2 rings (SSSR count). The zero-order valence-electron chi connectivity index (χ0n) is 11.4. The summed E-state index contributed by atoms with van der Waals surface area (Å²) in [5.74, 6) is 1.08. The third-order valence-electron chi connectivity index (χ3n) is 3.39. The summed E-state index contributed by atoms with van der Waals surface area (Å²) in [6.45, 7) is 0.767. The molecule has 0 saturated heterocycles. The molecule has 0 aliphatic heterocycles.